The summed E-state index contributed by atoms with van der Waals surface area (Å²) in [5, 5.41) is 0.766. The summed E-state index contributed by atoms with van der Waals surface area (Å²) in [6.07, 6.45) is 9.26. The maximum absolute atomic E-state index is 6.14. The van der Waals surface area contributed by atoms with Gasteiger partial charge in [-0.05, 0) is 24.6 Å². The number of benzene rings is 1. The maximum Gasteiger partial charge on any atom is 0.0996 e. The molecular formula is C14H13ClN4. The molecule has 0 atom stereocenters. The molecule has 2 heterocycles. The Morgan fingerprint density at radius 3 is 2.89 bits per heavy atom. The molecule has 5 heteroatoms. The largest absolute Gasteiger partial charge is 0.331 e. The van der Waals surface area contributed by atoms with Crippen molar-refractivity contribution in [2.24, 2.45) is 0 Å². The molecule has 0 spiro atoms. The normalized spacial score (nSPS) is 10.8. The van der Waals surface area contributed by atoms with Gasteiger partial charge in [-0.15, -0.1) is 0 Å². The first kappa shape index (κ1) is 12.0. The van der Waals surface area contributed by atoms with Crippen molar-refractivity contribution >= 4 is 11.6 Å². The molecule has 0 bridgehead atoms. The van der Waals surface area contributed by atoms with Gasteiger partial charge >= 0.3 is 0 Å². The molecule has 96 valence electrons. The van der Waals surface area contributed by atoms with Gasteiger partial charge in [-0.2, -0.15) is 0 Å². The molecule has 19 heavy (non-hydrogen) atoms. The van der Waals surface area contributed by atoms with Crippen LogP contribution in [0.5, 0.6) is 0 Å². The smallest absolute Gasteiger partial charge is 0.0996 e. The van der Waals surface area contributed by atoms with Crippen LogP contribution in [-0.4, -0.2) is 19.1 Å². The molecule has 4 nitrogen and oxygen atoms in total. The fourth-order valence-electron chi connectivity index (χ4n) is 1.90. The van der Waals surface area contributed by atoms with E-state index >= 15 is 0 Å². The number of nitrogens with zero attached hydrogens (tertiary/aromatic N) is 4. The van der Waals surface area contributed by atoms with Gasteiger partial charge in [-0.25, -0.2) is 9.97 Å². The molecule has 0 fully saturated rings. The van der Waals surface area contributed by atoms with Gasteiger partial charge in [0.15, 0.2) is 0 Å². The summed E-state index contributed by atoms with van der Waals surface area (Å²) in [7, 11) is 0. The van der Waals surface area contributed by atoms with Crippen molar-refractivity contribution in [3.05, 3.63) is 65.7 Å². The topological polar surface area (TPSA) is 35.6 Å². The standard InChI is InChI=1S/C14H13ClN4/c1-11-2-3-13(6-14(11)15)19-8-12(17-10-19)7-18-5-4-16-9-18/h2-6,8-10H,7H2,1H3. The SMILES string of the molecule is Cc1ccc(-n2cnc(Cn3ccnc3)c2)cc1Cl. The van der Waals surface area contributed by atoms with E-state index in [0.29, 0.717) is 6.54 Å². The Kier molecular flexibility index (Phi) is 3.09. The van der Waals surface area contributed by atoms with E-state index in [1.807, 2.05) is 46.7 Å². The summed E-state index contributed by atoms with van der Waals surface area (Å²) >= 11 is 6.14. The average molecular weight is 273 g/mol. The molecular weight excluding hydrogens is 260 g/mol. The van der Waals surface area contributed by atoms with Crippen LogP contribution in [0, 0.1) is 6.92 Å². The summed E-state index contributed by atoms with van der Waals surface area (Å²) < 4.78 is 3.95. The molecule has 3 aromatic rings. The van der Waals surface area contributed by atoms with Crippen molar-refractivity contribution in [1.29, 1.82) is 0 Å². The lowest BCUT2D eigenvalue weighted by Crippen LogP contribution is -1.96. The van der Waals surface area contributed by atoms with Crippen molar-refractivity contribution in [1.82, 2.24) is 19.1 Å². The zero-order valence-corrected chi connectivity index (χ0v) is 11.2. The highest BCUT2D eigenvalue weighted by atomic mass is 35.5. The first-order valence-electron chi connectivity index (χ1n) is 5.97. The van der Waals surface area contributed by atoms with Gasteiger partial charge in [-0.3, -0.25) is 0 Å². The molecule has 1 aromatic carbocycles. The highest BCUT2D eigenvalue weighted by Crippen LogP contribution is 2.19. The molecule has 0 amide bonds. The Morgan fingerprint density at radius 2 is 2.16 bits per heavy atom. The monoisotopic (exact) mass is 272 g/mol. The first-order valence-corrected chi connectivity index (χ1v) is 6.35. The first-order chi connectivity index (χ1) is 9.22. The molecule has 3 rings (SSSR count). The lowest BCUT2D eigenvalue weighted by Gasteiger charge is -2.04. The van der Waals surface area contributed by atoms with Gasteiger partial charge in [0.25, 0.3) is 0 Å². The van der Waals surface area contributed by atoms with E-state index in [1.54, 1.807) is 18.9 Å². The predicted molar refractivity (Wildman–Crippen MR) is 74.6 cm³/mol. The summed E-state index contributed by atoms with van der Waals surface area (Å²) in [5.74, 6) is 0. The van der Waals surface area contributed by atoms with Gasteiger partial charge in [0.1, 0.15) is 0 Å². The minimum atomic E-state index is 0.715. The van der Waals surface area contributed by atoms with Crippen molar-refractivity contribution in [3.8, 4) is 5.69 Å². The van der Waals surface area contributed by atoms with Crippen LogP contribution in [0.4, 0.5) is 0 Å². The van der Waals surface area contributed by atoms with Gasteiger partial charge in [-0.1, -0.05) is 17.7 Å². The Morgan fingerprint density at radius 1 is 1.26 bits per heavy atom. The van der Waals surface area contributed by atoms with Crippen molar-refractivity contribution in [2.45, 2.75) is 13.5 Å². The molecule has 0 saturated heterocycles. The van der Waals surface area contributed by atoms with Crippen LogP contribution in [0.2, 0.25) is 5.02 Å². The second kappa shape index (κ2) is 4.90. The van der Waals surface area contributed by atoms with Crippen molar-refractivity contribution in [2.75, 3.05) is 0 Å². The second-order valence-corrected chi connectivity index (χ2v) is 4.85. The molecule has 0 aliphatic heterocycles. The molecule has 0 aliphatic rings. The van der Waals surface area contributed by atoms with Crippen LogP contribution < -0.4 is 0 Å². The Labute approximate surface area is 116 Å². The molecule has 2 aromatic heterocycles. The third kappa shape index (κ3) is 2.53. The Balaban J connectivity index is 1.86. The number of aromatic nitrogens is 4. The van der Waals surface area contributed by atoms with Crippen LogP contribution in [-0.2, 0) is 6.54 Å². The third-order valence-electron chi connectivity index (χ3n) is 2.99. The summed E-state index contributed by atoms with van der Waals surface area (Å²) in [5.41, 5.74) is 3.07. The fraction of sp³-hybridized carbons (Fsp3) is 0.143. The van der Waals surface area contributed by atoms with Gasteiger partial charge in [0, 0.05) is 29.3 Å². The van der Waals surface area contributed by atoms with E-state index < -0.39 is 0 Å². The molecule has 0 N–H and O–H groups in total. The second-order valence-electron chi connectivity index (χ2n) is 4.44. The predicted octanol–water partition coefficient (Wildman–Crippen LogP) is 3.08. The number of aryl methyl sites for hydroxylation is 1. The van der Waals surface area contributed by atoms with E-state index in [9.17, 15) is 0 Å². The summed E-state index contributed by atoms with van der Waals surface area (Å²) in [6.45, 7) is 2.71. The lowest BCUT2D eigenvalue weighted by molar-refractivity contribution is 0.778. The number of imidazole rings is 2. The molecule has 0 unspecified atom stereocenters. The Bertz CT molecular complexity index is 685. The van der Waals surface area contributed by atoms with Gasteiger partial charge < -0.3 is 9.13 Å². The lowest BCUT2D eigenvalue weighted by atomic mass is 10.2. The maximum atomic E-state index is 6.14. The molecule has 0 aliphatic carbocycles. The number of halogens is 1. The van der Waals surface area contributed by atoms with E-state index in [2.05, 4.69) is 9.97 Å². The summed E-state index contributed by atoms with van der Waals surface area (Å²) in [6, 6.07) is 5.98. The highest BCUT2D eigenvalue weighted by molar-refractivity contribution is 6.31. The van der Waals surface area contributed by atoms with E-state index in [4.69, 9.17) is 11.6 Å². The number of rotatable bonds is 3. The minimum Gasteiger partial charge on any atom is -0.331 e. The van der Waals surface area contributed by atoms with E-state index in [-0.39, 0.29) is 0 Å². The van der Waals surface area contributed by atoms with Gasteiger partial charge in [0.2, 0.25) is 0 Å². The zero-order chi connectivity index (χ0) is 13.2. The van der Waals surface area contributed by atoms with E-state index in [1.165, 1.54) is 0 Å². The molecule has 0 radical (unpaired) electrons. The third-order valence-corrected chi connectivity index (χ3v) is 3.40. The Hall–Kier alpha value is -2.07. The van der Waals surface area contributed by atoms with E-state index in [0.717, 1.165) is 22.0 Å². The fourth-order valence-corrected chi connectivity index (χ4v) is 2.07. The van der Waals surface area contributed by atoms with Crippen molar-refractivity contribution < 1.29 is 0 Å². The van der Waals surface area contributed by atoms with Crippen LogP contribution in [0.15, 0.2) is 49.4 Å². The number of hydrogen-bond donors (Lipinski definition) is 0. The quantitative estimate of drug-likeness (QED) is 0.734. The molecule has 0 saturated carbocycles. The van der Waals surface area contributed by atoms with Gasteiger partial charge in [0.05, 0.1) is 24.9 Å². The van der Waals surface area contributed by atoms with Crippen LogP contribution in [0.1, 0.15) is 11.3 Å². The van der Waals surface area contributed by atoms with Crippen LogP contribution >= 0.6 is 11.6 Å². The van der Waals surface area contributed by atoms with Crippen molar-refractivity contribution in [3.63, 3.8) is 0 Å². The zero-order valence-electron chi connectivity index (χ0n) is 10.5. The number of hydrogen-bond acceptors (Lipinski definition) is 2. The summed E-state index contributed by atoms with van der Waals surface area (Å²) in [4.78, 5) is 8.41. The highest BCUT2D eigenvalue weighted by Gasteiger charge is 2.03. The average Bonchev–Trinajstić information content (AvgIpc) is 3.05. The minimum absolute atomic E-state index is 0.715. The van der Waals surface area contributed by atoms with Crippen LogP contribution in [0.25, 0.3) is 5.69 Å². The van der Waals surface area contributed by atoms with Crippen LogP contribution in [0.3, 0.4) is 0 Å².